The molecule has 0 unspecified atom stereocenters. The van der Waals surface area contributed by atoms with E-state index >= 15 is 0 Å². The number of hydrogen-bond acceptors (Lipinski definition) is 3. The lowest BCUT2D eigenvalue weighted by atomic mass is 10.1. The van der Waals surface area contributed by atoms with Gasteiger partial charge in [0.1, 0.15) is 5.82 Å². The predicted octanol–water partition coefficient (Wildman–Crippen LogP) is 1.52. The summed E-state index contributed by atoms with van der Waals surface area (Å²) in [5, 5.41) is 10.9. The summed E-state index contributed by atoms with van der Waals surface area (Å²) in [6, 6.07) is 4.85. The predicted molar refractivity (Wildman–Crippen MR) is 62.9 cm³/mol. The Hall–Kier alpha value is -1.75. The van der Waals surface area contributed by atoms with E-state index in [1.165, 1.54) is 6.07 Å². The molecule has 0 aliphatic heterocycles. The maximum Gasteiger partial charge on any atom is 0.123 e. The molecule has 0 bridgehead atoms. The van der Waals surface area contributed by atoms with Gasteiger partial charge in [0.2, 0.25) is 0 Å². The van der Waals surface area contributed by atoms with Crippen molar-refractivity contribution in [2.75, 3.05) is 6.54 Å². The molecule has 1 aromatic heterocycles. The molecule has 0 saturated carbocycles. The SMILES string of the molecule is Cc1cc(F)ccc1CNCCn1ccnn1. The zero-order valence-corrected chi connectivity index (χ0v) is 9.73. The Morgan fingerprint density at radius 1 is 1.41 bits per heavy atom. The second-order valence-corrected chi connectivity index (χ2v) is 3.91. The second-order valence-electron chi connectivity index (χ2n) is 3.91. The van der Waals surface area contributed by atoms with Crippen LogP contribution in [0.2, 0.25) is 0 Å². The van der Waals surface area contributed by atoms with Crippen LogP contribution in [-0.4, -0.2) is 21.5 Å². The van der Waals surface area contributed by atoms with Crippen molar-refractivity contribution in [3.8, 4) is 0 Å². The molecule has 1 N–H and O–H groups in total. The molecule has 0 saturated heterocycles. The van der Waals surface area contributed by atoms with Gasteiger partial charge in [-0.1, -0.05) is 11.3 Å². The minimum Gasteiger partial charge on any atom is -0.311 e. The summed E-state index contributed by atoms with van der Waals surface area (Å²) in [5.74, 6) is -0.186. The van der Waals surface area contributed by atoms with E-state index in [9.17, 15) is 4.39 Å². The van der Waals surface area contributed by atoms with E-state index in [4.69, 9.17) is 0 Å². The van der Waals surface area contributed by atoms with Gasteiger partial charge >= 0.3 is 0 Å². The van der Waals surface area contributed by atoms with Crippen molar-refractivity contribution in [2.24, 2.45) is 0 Å². The largest absolute Gasteiger partial charge is 0.311 e. The van der Waals surface area contributed by atoms with Gasteiger partial charge in [-0.05, 0) is 30.2 Å². The third-order valence-electron chi connectivity index (χ3n) is 2.61. The van der Waals surface area contributed by atoms with E-state index in [1.807, 2.05) is 19.2 Å². The molecule has 0 radical (unpaired) electrons. The summed E-state index contributed by atoms with van der Waals surface area (Å²) in [4.78, 5) is 0. The average Bonchev–Trinajstić information content (AvgIpc) is 2.79. The lowest BCUT2D eigenvalue weighted by Gasteiger charge is -2.07. The van der Waals surface area contributed by atoms with Crippen LogP contribution in [0.1, 0.15) is 11.1 Å². The van der Waals surface area contributed by atoms with Crippen molar-refractivity contribution in [2.45, 2.75) is 20.0 Å². The summed E-state index contributed by atoms with van der Waals surface area (Å²) < 4.78 is 14.7. The zero-order valence-electron chi connectivity index (χ0n) is 9.73. The maximum absolute atomic E-state index is 12.9. The topological polar surface area (TPSA) is 42.7 Å². The van der Waals surface area contributed by atoms with Gasteiger partial charge in [-0.2, -0.15) is 0 Å². The van der Waals surface area contributed by atoms with E-state index in [-0.39, 0.29) is 5.82 Å². The standard InChI is InChI=1S/C12H15FN4/c1-10-8-12(13)3-2-11(10)9-14-4-6-17-7-5-15-16-17/h2-3,5,7-8,14H,4,6,9H2,1H3. The minimum absolute atomic E-state index is 0.186. The number of nitrogens with zero attached hydrogens (tertiary/aromatic N) is 3. The van der Waals surface area contributed by atoms with Gasteiger partial charge in [0, 0.05) is 19.3 Å². The average molecular weight is 234 g/mol. The fourth-order valence-corrected chi connectivity index (χ4v) is 1.63. The first kappa shape index (κ1) is 11.7. The van der Waals surface area contributed by atoms with Crippen LogP contribution in [0, 0.1) is 12.7 Å². The first-order chi connectivity index (χ1) is 8.25. The Balaban J connectivity index is 1.78. The Kier molecular flexibility index (Phi) is 3.82. The zero-order chi connectivity index (χ0) is 12.1. The van der Waals surface area contributed by atoms with Crippen molar-refractivity contribution >= 4 is 0 Å². The van der Waals surface area contributed by atoms with Crippen molar-refractivity contribution in [1.29, 1.82) is 0 Å². The van der Waals surface area contributed by atoms with E-state index in [0.29, 0.717) is 0 Å². The highest BCUT2D eigenvalue weighted by atomic mass is 19.1. The van der Waals surface area contributed by atoms with Crippen LogP contribution in [-0.2, 0) is 13.1 Å². The van der Waals surface area contributed by atoms with Gasteiger partial charge in [0.25, 0.3) is 0 Å². The first-order valence-corrected chi connectivity index (χ1v) is 5.55. The summed E-state index contributed by atoms with van der Waals surface area (Å²) in [6.45, 7) is 4.23. The summed E-state index contributed by atoms with van der Waals surface area (Å²) in [5.41, 5.74) is 2.09. The molecule has 2 rings (SSSR count). The first-order valence-electron chi connectivity index (χ1n) is 5.55. The summed E-state index contributed by atoms with van der Waals surface area (Å²) in [7, 11) is 0. The molecule has 2 aromatic rings. The Morgan fingerprint density at radius 3 is 3.00 bits per heavy atom. The van der Waals surface area contributed by atoms with Gasteiger partial charge < -0.3 is 5.32 Å². The molecular formula is C12H15FN4. The molecule has 0 atom stereocenters. The van der Waals surface area contributed by atoms with Crippen LogP contribution in [0.25, 0.3) is 0 Å². The van der Waals surface area contributed by atoms with Crippen LogP contribution >= 0.6 is 0 Å². The van der Waals surface area contributed by atoms with E-state index in [1.54, 1.807) is 16.9 Å². The minimum atomic E-state index is -0.186. The molecule has 5 heteroatoms. The third-order valence-corrected chi connectivity index (χ3v) is 2.61. The quantitative estimate of drug-likeness (QED) is 0.797. The van der Waals surface area contributed by atoms with Crippen molar-refractivity contribution in [1.82, 2.24) is 20.3 Å². The van der Waals surface area contributed by atoms with Crippen LogP contribution in [0.3, 0.4) is 0 Å². The smallest absolute Gasteiger partial charge is 0.123 e. The van der Waals surface area contributed by atoms with Gasteiger partial charge in [0.15, 0.2) is 0 Å². The van der Waals surface area contributed by atoms with Gasteiger partial charge in [-0.3, -0.25) is 4.68 Å². The molecule has 0 aliphatic rings. The summed E-state index contributed by atoms with van der Waals surface area (Å²) >= 11 is 0. The molecule has 0 amide bonds. The third kappa shape index (κ3) is 3.35. The number of aryl methyl sites for hydroxylation is 1. The molecule has 1 aromatic carbocycles. The lowest BCUT2D eigenvalue weighted by Crippen LogP contribution is -2.20. The number of aromatic nitrogens is 3. The second kappa shape index (κ2) is 5.54. The highest BCUT2D eigenvalue weighted by molar-refractivity contribution is 5.26. The Labute approximate surface area is 99.5 Å². The van der Waals surface area contributed by atoms with Crippen LogP contribution in [0.5, 0.6) is 0 Å². The lowest BCUT2D eigenvalue weighted by molar-refractivity contribution is 0.539. The maximum atomic E-state index is 12.9. The molecule has 0 spiro atoms. The highest BCUT2D eigenvalue weighted by Crippen LogP contribution is 2.09. The van der Waals surface area contributed by atoms with Gasteiger partial charge in [-0.15, -0.1) is 5.10 Å². The van der Waals surface area contributed by atoms with E-state index in [0.717, 1.165) is 30.8 Å². The number of halogens is 1. The number of benzene rings is 1. The molecule has 0 fully saturated rings. The number of rotatable bonds is 5. The van der Waals surface area contributed by atoms with Gasteiger partial charge in [-0.25, -0.2) is 4.39 Å². The van der Waals surface area contributed by atoms with Crippen molar-refractivity contribution in [3.63, 3.8) is 0 Å². The van der Waals surface area contributed by atoms with Crippen LogP contribution < -0.4 is 5.32 Å². The van der Waals surface area contributed by atoms with Gasteiger partial charge in [0.05, 0.1) is 12.7 Å². The Morgan fingerprint density at radius 2 is 2.29 bits per heavy atom. The molecule has 17 heavy (non-hydrogen) atoms. The number of hydrogen-bond donors (Lipinski definition) is 1. The fourth-order valence-electron chi connectivity index (χ4n) is 1.63. The normalized spacial score (nSPS) is 10.7. The highest BCUT2D eigenvalue weighted by Gasteiger charge is 1.99. The number of nitrogens with one attached hydrogen (secondary N) is 1. The van der Waals surface area contributed by atoms with Crippen LogP contribution in [0.15, 0.2) is 30.6 Å². The Bertz CT molecular complexity index is 467. The molecule has 4 nitrogen and oxygen atoms in total. The summed E-state index contributed by atoms with van der Waals surface area (Å²) in [6.07, 6.45) is 3.48. The molecule has 90 valence electrons. The molecular weight excluding hydrogens is 219 g/mol. The fraction of sp³-hybridized carbons (Fsp3) is 0.333. The molecule has 1 heterocycles. The van der Waals surface area contributed by atoms with Crippen molar-refractivity contribution in [3.05, 3.63) is 47.5 Å². The van der Waals surface area contributed by atoms with E-state index in [2.05, 4.69) is 15.6 Å². The van der Waals surface area contributed by atoms with Crippen LogP contribution in [0.4, 0.5) is 4.39 Å². The molecule has 0 aliphatic carbocycles. The van der Waals surface area contributed by atoms with E-state index < -0.39 is 0 Å². The van der Waals surface area contributed by atoms with Crippen molar-refractivity contribution < 1.29 is 4.39 Å². The monoisotopic (exact) mass is 234 g/mol.